The van der Waals surface area contributed by atoms with Gasteiger partial charge in [-0.1, -0.05) is 13.8 Å². The fourth-order valence-corrected chi connectivity index (χ4v) is 1.79. The zero-order valence-electron chi connectivity index (χ0n) is 11.0. The molecular weight excluding hydrogens is 253 g/mol. The van der Waals surface area contributed by atoms with E-state index in [0.29, 0.717) is 5.56 Å². The number of benzene rings is 1. The van der Waals surface area contributed by atoms with Crippen LogP contribution >= 0.6 is 0 Å². The van der Waals surface area contributed by atoms with Gasteiger partial charge in [0.25, 0.3) is 5.69 Å². The number of aliphatic carboxylic acids is 1. The molecule has 0 aliphatic carbocycles. The van der Waals surface area contributed by atoms with Gasteiger partial charge in [0.05, 0.1) is 16.4 Å². The highest BCUT2D eigenvalue weighted by Crippen LogP contribution is 2.32. The van der Waals surface area contributed by atoms with Crippen LogP contribution in [0.3, 0.4) is 0 Å². The zero-order chi connectivity index (χ0) is 14.8. The lowest BCUT2D eigenvalue weighted by Gasteiger charge is -2.29. The third-order valence-electron chi connectivity index (χ3n) is 3.49. The molecule has 6 heteroatoms. The van der Waals surface area contributed by atoms with Crippen molar-refractivity contribution in [1.29, 1.82) is 0 Å². The molecule has 0 fully saturated rings. The van der Waals surface area contributed by atoms with Gasteiger partial charge in [0.1, 0.15) is 5.82 Å². The Hall–Kier alpha value is -1.98. The Labute approximate surface area is 110 Å². The summed E-state index contributed by atoms with van der Waals surface area (Å²) in [6.45, 7) is 5.06. The number of hydrogen-bond donors (Lipinski definition) is 1. The van der Waals surface area contributed by atoms with Gasteiger partial charge in [-0.2, -0.15) is 0 Å². The largest absolute Gasteiger partial charge is 0.481 e. The lowest BCUT2D eigenvalue weighted by Crippen LogP contribution is -2.35. The summed E-state index contributed by atoms with van der Waals surface area (Å²) in [5, 5.41) is 19.9. The molecule has 104 valence electrons. The Balaban J connectivity index is 3.17. The van der Waals surface area contributed by atoms with Crippen molar-refractivity contribution in [3.63, 3.8) is 0 Å². The first-order valence-corrected chi connectivity index (χ1v) is 5.84. The SMILES string of the molecule is CC(C)C(C)(Cc1cc(F)cc([N+](=O)[O-])c1)C(=O)O. The van der Waals surface area contributed by atoms with Crippen LogP contribution in [0, 0.1) is 27.3 Å². The molecule has 0 saturated carbocycles. The summed E-state index contributed by atoms with van der Waals surface area (Å²) in [4.78, 5) is 21.3. The molecule has 0 bridgehead atoms. The summed E-state index contributed by atoms with van der Waals surface area (Å²) in [5.41, 5.74) is -1.15. The van der Waals surface area contributed by atoms with E-state index in [0.717, 1.165) is 12.1 Å². The highest BCUT2D eigenvalue weighted by atomic mass is 19.1. The minimum atomic E-state index is -1.10. The molecule has 0 aliphatic heterocycles. The van der Waals surface area contributed by atoms with Gasteiger partial charge in [-0.05, 0) is 30.9 Å². The van der Waals surface area contributed by atoms with E-state index in [9.17, 15) is 24.4 Å². The molecule has 1 atom stereocenters. The van der Waals surface area contributed by atoms with E-state index in [1.54, 1.807) is 20.8 Å². The zero-order valence-corrected chi connectivity index (χ0v) is 11.0. The number of carboxylic acids is 1. The molecule has 1 rings (SSSR count). The Bertz CT molecular complexity index is 515. The van der Waals surface area contributed by atoms with E-state index < -0.39 is 22.1 Å². The second-order valence-corrected chi connectivity index (χ2v) is 5.13. The molecule has 1 aromatic rings. The number of nitro benzene ring substituents is 1. The number of non-ortho nitro benzene ring substituents is 1. The van der Waals surface area contributed by atoms with Crippen molar-refractivity contribution in [2.45, 2.75) is 27.2 Å². The molecule has 19 heavy (non-hydrogen) atoms. The summed E-state index contributed by atoms with van der Waals surface area (Å²) in [6, 6.07) is 3.17. The molecule has 0 radical (unpaired) electrons. The number of rotatable bonds is 5. The molecule has 1 N–H and O–H groups in total. The maximum Gasteiger partial charge on any atom is 0.309 e. The predicted molar refractivity (Wildman–Crippen MR) is 67.3 cm³/mol. The first kappa shape index (κ1) is 15.1. The van der Waals surface area contributed by atoms with Gasteiger partial charge in [-0.3, -0.25) is 14.9 Å². The van der Waals surface area contributed by atoms with Crippen molar-refractivity contribution < 1.29 is 19.2 Å². The Morgan fingerprint density at radius 2 is 2.05 bits per heavy atom. The summed E-state index contributed by atoms with van der Waals surface area (Å²) < 4.78 is 13.3. The molecular formula is C13H16FNO4. The van der Waals surface area contributed by atoms with Gasteiger partial charge in [-0.15, -0.1) is 0 Å². The van der Waals surface area contributed by atoms with E-state index in [1.165, 1.54) is 6.07 Å². The maximum absolute atomic E-state index is 13.3. The lowest BCUT2D eigenvalue weighted by molar-refractivity contribution is -0.385. The van der Waals surface area contributed by atoms with E-state index in [4.69, 9.17) is 0 Å². The molecule has 0 spiro atoms. The average molecular weight is 269 g/mol. The highest BCUT2D eigenvalue weighted by Gasteiger charge is 2.37. The van der Waals surface area contributed by atoms with Crippen molar-refractivity contribution >= 4 is 11.7 Å². The number of carboxylic acid groups (broad SMARTS) is 1. The third-order valence-corrected chi connectivity index (χ3v) is 3.49. The van der Waals surface area contributed by atoms with Crippen LogP contribution in [0.5, 0.6) is 0 Å². The van der Waals surface area contributed by atoms with Crippen LogP contribution in [0.25, 0.3) is 0 Å². The predicted octanol–water partition coefficient (Wildman–Crippen LogP) is 3.02. The Morgan fingerprint density at radius 3 is 2.47 bits per heavy atom. The van der Waals surface area contributed by atoms with Crippen LogP contribution in [0.15, 0.2) is 18.2 Å². The van der Waals surface area contributed by atoms with Crippen molar-refractivity contribution in [3.05, 3.63) is 39.7 Å². The fourth-order valence-electron chi connectivity index (χ4n) is 1.79. The van der Waals surface area contributed by atoms with Gasteiger partial charge in [0.15, 0.2) is 0 Å². The normalized spacial score (nSPS) is 14.2. The lowest BCUT2D eigenvalue weighted by atomic mass is 9.74. The summed E-state index contributed by atoms with van der Waals surface area (Å²) in [5.74, 6) is -1.93. The molecule has 1 aromatic carbocycles. The molecule has 5 nitrogen and oxygen atoms in total. The summed E-state index contributed by atoms with van der Waals surface area (Å²) in [6.07, 6.45) is 0.0403. The first-order chi connectivity index (χ1) is 8.66. The van der Waals surface area contributed by atoms with Gasteiger partial charge in [-0.25, -0.2) is 4.39 Å². The van der Waals surface area contributed by atoms with Gasteiger partial charge >= 0.3 is 5.97 Å². The van der Waals surface area contributed by atoms with Gasteiger partial charge in [0.2, 0.25) is 0 Å². The van der Waals surface area contributed by atoms with E-state index in [1.807, 2.05) is 0 Å². The number of hydrogen-bond acceptors (Lipinski definition) is 3. The second-order valence-electron chi connectivity index (χ2n) is 5.13. The van der Waals surface area contributed by atoms with Crippen molar-refractivity contribution in [1.82, 2.24) is 0 Å². The molecule has 0 amide bonds. The quantitative estimate of drug-likeness (QED) is 0.658. The minimum Gasteiger partial charge on any atom is -0.481 e. The smallest absolute Gasteiger partial charge is 0.309 e. The molecule has 0 aliphatic rings. The van der Waals surface area contributed by atoms with Crippen LogP contribution in [0.2, 0.25) is 0 Å². The van der Waals surface area contributed by atoms with Crippen LogP contribution in [-0.4, -0.2) is 16.0 Å². The fraction of sp³-hybridized carbons (Fsp3) is 0.462. The van der Waals surface area contributed by atoms with Crippen molar-refractivity contribution in [2.24, 2.45) is 11.3 Å². The van der Waals surface area contributed by atoms with Gasteiger partial charge < -0.3 is 5.11 Å². The first-order valence-electron chi connectivity index (χ1n) is 5.84. The topological polar surface area (TPSA) is 80.4 Å². The second kappa shape index (κ2) is 5.34. The van der Waals surface area contributed by atoms with Crippen molar-refractivity contribution in [2.75, 3.05) is 0 Å². The Kier molecular flexibility index (Phi) is 4.24. The third kappa shape index (κ3) is 3.27. The number of carbonyl (C=O) groups is 1. The van der Waals surface area contributed by atoms with Crippen LogP contribution in [-0.2, 0) is 11.2 Å². The number of halogens is 1. The minimum absolute atomic E-state index is 0.0403. The van der Waals surface area contributed by atoms with Crippen LogP contribution < -0.4 is 0 Å². The molecule has 0 aromatic heterocycles. The number of nitrogens with zero attached hydrogens (tertiary/aromatic N) is 1. The van der Waals surface area contributed by atoms with E-state index >= 15 is 0 Å². The summed E-state index contributed by atoms with van der Waals surface area (Å²) in [7, 11) is 0. The van der Waals surface area contributed by atoms with E-state index in [2.05, 4.69) is 0 Å². The Morgan fingerprint density at radius 1 is 1.47 bits per heavy atom. The number of nitro groups is 1. The molecule has 0 saturated heterocycles. The van der Waals surface area contributed by atoms with Crippen molar-refractivity contribution in [3.8, 4) is 0 Å². The van der Waals surface area contributed by atoms with Crippen LogP contribution in [0.1, 0.15) is 26.3 Å². The highest BCUT2D eigenvalue weighted by molar-refractivity contribution is 5.75. The van der Waals surface area contributed by atoms with Crippen LogP contribution in [0.4, 0.5) is 10.1 Å². The standard InChI is InChI=1S/C13H16FNO4/c1-8(2)13(3,12(16)17)7-9-4-10(14)6-11(5-9)15(18)19/h4-6,8H,7H2,1-3H3,(H,16,17). The monoisotopic (exact) mass is 269 g/mol. The van der Waals surface area contributed by atoms with Gasteiger partial charge in [0, 0.05) is 6.07 Å². The summed E-state index contributed by atoms with van der Waals surface area (Å²) >= 11 is 0. The maximum atomic E-state index is 13.3. The molecule has 1 unspecified atom stereocenters. The average Bonchev–Trinajstić information content (AvgIpc) is 2.27. The van der Waals surface area contributed by atoms with E-state index in [-0.39, 0.29) is 18.0 Å². The molecule has 0 heterocycles.